The molecule has 6 aromatic rings. The van der Waals surface area contributed by atoms with Crippen LogP contribution in [0.15, 0.2) is 97.1 Å². The summed E-state index contributed by atoms with van der Waals surface area (Å²) in [6, 6.07) is 29.3. The van der Waals surface area contributed by atoms with Crippen molar-refractivity contribution in [1.29, 1.82) is 0 Å². The van der Waals surface area contributed by atoms with E-state index in [-0.39, 0.29) is 35.1 Å². The molecule has 2 saturated heterocycles. The lowest BCUT2D eigenvalue weighted by atomic mass is 10.0. The summed E-state index contributed by atoms with van der Waals surface area (Å²) in [7, 11) is 3.16. The third-order valence-electron chi connectivity index (χ3n) is 12.8. The molecule has 17 heteroatoms. The third kappa shape index (κ3) is 8.58. The number of carbonyl (C=O) groups is 6. The van der Waals surface area contributed by atoms with Gasteiger partial charge in [0.15, 0.2) is 11.5 Å². The lowest BCUT2D eigenvalue weighted by Gasteiger charge is -2.29. The minimum atomic E-state index is -0.666. The number of amides is 5. The van der Waals surface area contributed by atoms with Gasteiger partial charge < -0.3 is 34.8 Å². The molecule has 348 valence electrons. The summed E-state index contributed by atoms with van der Waals surface area (Å²) in [5, 5.41) is 8.90. The van der Waals surface area contributed by atoms with Crippen LogP contribution in [0.1, 0.15) is 98.5 Å². The van der Waals surface area contributed by atoms with Crippen LogP contribution in [0.25, 0.3) is 11.4 Å². The van der Waals surface area contributed by atoms with Gasteiger partial charge in [0, 0.05) is 79.8 Å². The average molecular weight is 918 g/mol. The zero-order chi connectivity index (χ0) is 47.6. The quantitative estimate of drug-likeness (QED) is 0.148. The van der Waals surface area contributed by atoms with Gasteiger partial charge in [0.2, 0.25) is 11.8 Å². The first-order valence-electron chi connectivity index (χ1n) is 22.7. The van der Waals surface area contributed by atoms with Crippen molar-refractivity contribution in [3.63, 3.8) is 0 Å². The highest BCUT2D eigenvalue weighted by Crippen LogP contribution is 2.33. The van der Waals surface area contributed by atoms with Crippen LogP contribution in [0.4, 0.5) is 22.7 Å². The van der Waals surface area contributed by atoms with Crippen molar-refractivity contribution in [3.8, 4) is 22.9 Å². The number of Topliss-reactive ketones (excluding diaryl/α,β-unsaturated/α-hetero) is 1. The second kappa shape index (κ2) is 19.0. The van der Waals surface area contributed by atoms with Crippen LogP contribution in [0.2, 0.25) is 0 Å². The van der Waals surface area contributed by atoms with E-state index in [1.807, 2.05) is 60.7 Å². The van der Waals surface area contributed by atoms with E-state index in [0.717, 1.165) is 49.3 Å². The number of nitrogens with zero attached hydrogens (tertiary/aromatic N) is 8. The van der Waals surface area contributed by atoms with Crippen molar-refractivity contribution in [2.75, 3.05) is 60.0 Å². The number of fused-ring (bicyclic) bond motifs is 2. The Morgan fingerprint density at radius 2 is 0.824 bits per heavy atom. The summed E-state index contributed by atoms with van der Waals surface area (Å²) in [5.41, 5.74) is 12.4. The standard InChI is InChI=1S/C26H26N4O4.C25H25N5O4/c1-17(31)24-22-14-16-29(19-8-6-18(7-9-19)28-15-4-3-5-23(28)32)26(33)25(22)30(27-24)20-10-12-21(34-2)13-11-20;1-34-19-11-9-18(10-12-19)30-23-20(22(27-30)24(26)32)13-15-29(25(23)33)17-7-5-16(6-8-17)28-14-3-2-4-21(28)31/h6-13H,3-5,14-16H2,1-2H3;5-12H,2-4,13-15H2,1H3,(H2,26,32). The molecule has 0 saturated carbocycles. The Labute approximate surface area is 392 Å². The summed E-state index contributed by atoms with van der Waals surface area (Å²) in [6.45, 7) is 3.74. The highest BCUT2D eigenvalue weighted by atomic mass is 16.5. The van der Waals surface area contributed by atoms with Crippen LogP contribution in [-0.4, -0.2) is 95.3 Å². The van der Waals surface area contributed by atoms with Crippen molar-refractivity contribution in [3.05, 3.63) is 131 Å². The van der Waals surface area contributed by atoms with Crippen LogP contribution in [0.5, 0.6) is 11.5 Å². The Morgan fingerprint density at radius 3 is 1.18 bits per heavy atom. The molecular formula is C51H51N9O8. The van der Waals surface area contributed by atoms with E-state index in [1.54, 1.807) is 74.9 Å². The van der Waals surface area contributed by atoms with Gasteiger partial charge >= 0.3 is 0 Å². The van der Waals surface area contributed by atoms with E-state index in [9.17, 15) is 28.8 Å². The molecule has 6 heterocycles. The minimum Gasteiger partial charge on any atom is -0.497 e. The van der Waals surface area contributed by atoms with Crippen LogP contribution in [0.3, 0.4) is 0 Å². The number of aromatic nitrogens is 4. The fraction of sp³-hybridized carbons (Fsp3) is 0.294. The predicted molar refractivity (Wildman–Crippen MR) is 255 cm³/mol. The molecule has 10 rings (SSSR count). The van der Waals surface area contributed by atoms with Gasteiger partial charge in [-0.1, -0.05) is 0 Å². The molecule has 68 heavy (non-hydrogen) atoms. The number of hydrogen-bond acceptors (Lipinski definition) is 10. The number of hydrogen-bond donors (Lipinski definition) is 1. The maximum Gasteiger partial charge on any atom is 0.277 e. The Morgan fingerprint density at radius 1 is 0.471 bits per heavy atom. The molecule has 4 aromatic carbocycles. The van der Waals surface area contributed by atoms with E-state index >= 15 is 0 Å². The number of rotatable bonds is 10. The molecule has 2 fully saturated rings. The van der Waals surface area contributed by atoms with Crippen LogP contribution in [-0.2, 0) is 22.4 Å². The maximum absolute atomic E-state index is 13.7. The molecule has 0 unspecified atom stereocenters. The van der Waals surface area contributed by atoms with E-state index in [0.29, 0.717) is 102 Å². The van der Waals surface area contributed by atoms with Gasteiger partial charge in [-0.3, -0.25) is 28.8 Å². The van der Waals surface area contributed by atoms with Crippen LogP contribution >= 0.6 is 0 Å². The van der Waals surface area contributed by atoms with E-state index in [2.05, 4.69) is 10.2 Å². The molecule has 2 N–H and O–H groups in total. The molecule has 0 radical (unpaired) electrons. The fourth-order valence-electron chi connectivity index (χ4n) is 9.30. The first kappa shape index (κ1) is 45.1. The maximum atomic E-state index is 13.7. The number of ketones is 1. The topological polar surface area (TPSA) is 196 Å². The number of benzene rings is 4. The number of nitrogens with two attached hydrogens (primary N) is 1. The second-order valence-electron chi connectivity index (χ2n) is 16.9. The Kier molecular flexibility index (Phi) is 12.6. The highest BCUT2D eigenvalue weighted by Gasteiger charge is 2.36. The monoisotopic (exact) mass is 917 g/mol. The van der Waals surface area contributed by atoms with Crippen molar-refractivity contribution in [2.24, 2.45) is 5.73 Å². The molecule has 0 bridgehead atoms. The third-order valence-corrected chi connectivity index (χ3v) is 12.8. The first-order chi connectivity index (χ1) is 32.9. The highest BCUT2D eigenvalue weighted by molar-refractivity contribution is 6.11. The van der Waals surface area contributed by atoms with E-state index < -0.39 is 5.91 Å². The molecular weight excluding hydrogens is 867 g/mol. The predicted octanol–water partition coefficient (Wildman–Crippen LogP) is 6.50. The molecule has 2 aromatic heterocycles. The first-order valence-corrected chi connectivity index (χ1v) is 22.7. The largest absolute Gasteiger partial charge is 0.497 e. The van der Waals surface area contributed by atoms with Gasteiger partial charge in [-0.05, 0) is 136 Å². The van der Waals surface area contributed by atoms with E-state index in [1.165, 1.54) is 11.6 Å². The molecule has 0 atom stereocenters. The number of primary amides is 1. The summed E-state index contributed by atoms with van der Waals surface area (Å²) in [6.07, 6.45) is 5.94. The summed E-state index contributed by atoms with van der Waals surface area (Å²) in [4.78, 5) is 83.1. The van der Waals surface area contributed by atoms with Gasteiger partial charge in [0.1, 0.15) is 28.6 Å². The van der Waals surface area contributed by atoms with Gasteiger partial charge in [-0.25, -0.2) is 9.36 Å². The Balaban J connectivity index is 0.000000170. The number of carbonyl (C=O) groups excluding carboxylic acids is 6. The zero-order valence-corrected chi connectivity index (χ0v) is 38.1. The minimum absolute atomic E-state index is 0.109. The number of ether oxygens (including phenoxy) is 2. The van der Waals surface area contributed by atoms with E-state index in [4.69, 9.17) is 15.2 Å². The Hall–Kier alpha value is -8.08. The number of methoxy groups -OCH3 is 2. The molecule has 17 nitrogen and oxygen atoms in total. The summed E-state index contributed by atoms with van der Waals surface area (Å²) >= 11 is 0. The number of anilines is 4. The lowest BCUT2D eigenvalue weighted by molar-refractivity contribution is -0.120. The Bertz CT molecular complexity index is 2720. The van der Waals surface area contributed by atoms with Crippen LogP contribution in [0, 0.1) is 0 Å². The van der Waals surface area contributed by atoms with Gasteiger partial charge in [0.05, 0.1) is 25.6 Å². The molecule has 4 aliphatic rings. The normalized spacial score (nSPS) is 15.9. The molecule has 4 aliphatic heterocycles. The van der Waals surface area contributed by atoms with Gasteiger partial charge in [-0.15, -0.1) is 0 Å². The second-order valence-corrected chi connectivity index (χ2v) is 16.9. The van der Waals surface area contributed by atoms with Crippen molar-refractivity contribution < 1.29 is 38.2 Å². The van der Waals surface area contributed by atoms with Crippen molar-refractivity contribution in [2.45, 2.75) is 58.3 Å². The fourth-order valence-corrected chi connectivity index (χ4v) is 9.30. The molecule has 0 aliphatic carbocycles. The zero-order valence-electron chi connectivity index (χ0n) is 38.1. The smallest absolute Gasteiger partial charge is 0.277 e. The molecule has 5 amide bonds. The van der Waals surface area contributed by atoms with Crippen molar-refractivity contribution >= 4 is 58.1 Å². The summed E-state index contributed by atoms with van der Waals surface area (Å²) < 4.78 is 13.5. The van der Waals surface area contributed by atoms with Gasteiger partial charge in [-0.2, -0.15) is 10.2 Å². The lowest BCUT2D eigenvalue weighted by Crippen LogP contribution is -2.39. The van der Waals surface area contributed by atoms with Gasteiger partial charge in [0.25, 0.3) is 17.7 Å². The summed E-state index contributed by atoms with van der Waals surface area (Å²) in [5.74, 6) is 0.313. The average Bonchev–Trinajstić information content (AvgIpc) is 3.97. The SMILES string of the molecule is COc1ccc(-n2nc(C(C)=O)c3c2C(=O)N(c2ccc(N4CCCCC4=O)cc2)CC3)cc1.COc1ccc(-n2nc(C(N)=O)c3c2C(=O)N(c2ccc(N4CCCCC4=O)cc2)CC3)cc1. The van der Waals surface area contributed by atoms with Crippen LogP contribution < -0.4 is 34.8 Å². The molecule has 0 spiro atoms. The van der Waals surface area contributed by atoms with Crippen molar-refractivity contribution in [1.82, 2.24) is 19.6 Å². The number of piperidine rings is 2.